The van der Waals surface area contributed by atoms with Crippen LogP contribution < -0.4 is 15.8 Å². The molecule has 0 saturated carbocycles. The summed E-state index contributed by atoms with van der Waals surface area (Å²) in [7, 11) is 0. The zero-order valence-corrected chi connectivity index (χ0v) is 11.0. The molecule has 0 fully saturated rings. The van der Waals surface area contributed by atoms with Gasteiger partial charge in [0.15, 0.2) is 18.5 Å². The monoisotopic (exact) mass is 281 g/mol. The molecule has 3 N–H and O–H groups in total. The predicted molar refractivity (Wildman–Crippen MR) is 67.2 cm³/mol. The summed E-state index contributed by atoms with van der Waals surface area (Å²) >= 11 is 0. The maximum atomic E-state index is 11.8. The highest BCUT2D eigenvalue weighted by Gasteiger charge is 2.28. The van der Waals surface area contributed by atoms with Crippen LogP contribution in [0, 0.1) is 11.1 Å². The van der Waals surface area contributed by atoms with Gasteiger partial charge < -0.3 is 15.7 Å². The zero-order valence-electron chi connectivity index (χ0n) is 11.0. The lowest BCUT2D eigenvalue weighted by molar-refractivity contribution is -0.605. The Hall–Kier alpha value is -2.64. The average molecular weight is 281 g/mol. The molecule has 0 aliphatic rings. The number of imide groups is 1. The molecule has 0 spiro atoms. The topological polar surface area (TPSA) is 125 Å². The summed E-state index contributed by atoms with van der Waals surface area (Å²) in [6, 6.07) is 1.50. The molecule has 108 valence electrons. The second-order valence-corrected chi connectivity index (χ2v) is 4.37. The van der Waals surface area contributed by atoms with Crippen molar-refractivity contribution in [3.05, 3.63) is 35.3 Å². The van der Waals surface area contributed by atoms with Gasteiger partial charge in [-0.1, -0.05) is 13.8 Å². The second-order valence-electron chi connectivity index (χ2n) is 4.37. The number of rotatable bonds is 4. The molecule has 0 aromatic carbocycles. The van der Waals surface area contributed by atoms with Crippen molar-refractivity contribution < 1.29 is 23.9 Å². The third-order valence-electron chi connectivity index (χ3n) is 2.38. The third kappa shape index (κ3) is 4.23. The Morgan fingerprint density at radius 1 is 1.30 bits per heavy atom. The Morgan fingerprint density at radius 2 is 1.85 bits per heavy atom. The van der Waals surface area contributed by atoms with E-state index in [1.54, 1.807) is 13.8 Å². The molecule has 0 aliphatic heterocycles. The van der Waals surface area contributed by atoms with Gasteiger partial charge in [0.05, 0.1) is 5.56 Å². The van der Waals surface area contributed by atoms with Crippen molar-refractivity contribution in [2.45, 2.75) is 20.0 Å². The number of hydrogen-bond donors (Lipinski definition) is 2. The van der Waals surface area contributed by atoms with Gasteiger partial charge in [-0.05, 0) is 5.92 Å². The maximum Gasteiger partial charge on any atom is 0.339 e. The van der Waals surface area contributed by atoms with E-state index in [-0.39, 0.29) is 11.5 Å². The molecule has 0 saturated heterocycles. The van der Waals surface area contributed by atoms with Gasteiger partial charge in [-0.2, -0.15) is 4.73 Å². The molecule has 1 rings (SSSR count). The second kappa shape index (κ2) is 6.50. The molecule has 0 unspecified atom stereocenters. The van der Waals surface area contributed by atoms with E-state index in [0.29, 0.717) is 4.73 Å². The fraction of sp³-hybridized carbons (Fsp3) is 0.333. The number of nitrogens with two attached hydrogens (primary N) is 1. The van der Waals surface area contributed by atoms with E-state index in [4.69, 9.17) is 10.5 Å². The molecule has 1 atom stereocenters. The molecule has 1 aromatic heterocycles. The first-order valence-corrected chi connectivity index (χ1v) is 5.81. The number of nitrogens with zero attached hydrogens (tertiary/aromatic N) is 1. The fourth-order valence-electron chi connectivity index (χ4n) is 1.42. The maximum absolute atomic E-state index is 11.8. The van der Waals surface area contributed by atoms with Crippen LogP contribution in [0.2, 0.25) is 0 Å². The first kappa shape index (κ1) is 15.4. The summed E-state index contributed by atoms with van der Waals surface area (Å²) in [5.41, 5.74) is 4.96. The number of carbonyl (C=O) groups is 3. The number of amides is 3. The van der Waals surface area contributed by atoms with Gasteiger partial charge in [0.2, 0.25) is 0 Å². The first-order chi connectivity index (χ1) is 9.31. The Kier molecular flexibility index (Phi) is 5.01. The molecule has 0 bridgehead atoms. The quantitative estimate of drug-likeness (QED) is 0.445. The largest absolute Gasteiger partial charge is 0.619 e. The molecule has 20 heavy (non-hydrogen) atoms. The van der Waals surface area contributed by atoms with Gasteiger partial charge in [0.25, 0.3) is 5.91 Å². The van der Waals surface area contributed by atoms with Crippen LogP contribution in [0.25, 0.3) is 0 Å². The smallest absolute Gasteiger partial charge is 0.339 e. The van der Waals surface area contributed by atoms with Crippen LogP contribution in [0.5, 0.6) is 0 Å². The molecule has 8 nitrogen and oxygen atoms in total. The van der Waals surface area contributed by atoms with Crippen molar-refractivity contribution >= 4 is 17.9 Å². The summed E-state index contributed by atoms with van der Waals surface area (Å²) in [5, 5.41) is 12.7. The predicted octanol–water partition coefficient (Wildman–Crippen LogP) is -0.304. The van der Waals surface area contributed by atoms with Crippen LogP contribution >= 0.6 is 0 Å². The minimum atomic E-state index is -1.16. The zero-order chi connectivity index (χ0) is 15.3. The number of ether oxygens (including phenoxy) is 1. The molecule has 0 radical (unpaired) electrons. The van der Waals surface area contributed by atoms with Gasteiger partial charge in [-0.25, -0.2) is 9.59 Å². The molecule has 1 aromatic rings. The summed E-state index contributed by atoms with van der Waals surface area (Å²) in [5.74, 6) is -1.92. The highest BCUT2D eigenvalue weighted by molar-refractivity contribution is 5.98. The van der Waals surface area contributed by atoms with E-state index in [1.807, 2.05) is 5.32 Å². The highest BCUT2D eigenvalue weighted by Crippen LogP contribution is 2.10. The summed E-state index contributed by atoms with van der Waals surface area (Å²) in [4.78, 5) is 34.1. The molecule has 1 heterocycles. The SMILES string of the molecule is CC(C)[C@H](OC(=O)c1cc[n+]([O-])cc1)C(=O)NC(N)=O. The number of esters is 1. The van der Waals surface area contributed by atoms with Crippen LogP contribution in [0.1, 0.15) is 24.2 Å². The van der Waals surface area contributed by atoms with Gasteiger partial charge in [0, 0.05) is 12.1 Å². The van der Waals surface area contributed by atoms with E-state index in [2.05, 4.69) is 0 Å². The van der Waals surface area contributed by atoms with Gasteiger partial charge >= 0.3 is 12.0 Å². The van der Waals surface area contributed by atoms with Crippen molar-refractivity contribution in [2.75, 3.05) is 0 Å². The first-order valence-electron chi connectivity index (χ1n) is 5.81. The van der Waals surface area contributed by atoms with Crippen LogP contribution in [0.3, 0.4) is 0 Å². The van der Waals surface area contributed by atoms with E-state index < -0.39 is 24.0 Å². The minimum absolute atomic E-state index is 0.120. The molecular weight excluding hydrogens is 266 g/mol. The van der Waals surface area contributed by atoms with E-state index in [0.717, 1.165) is 12.4 Å². The van der Waals surface area contributed by atoms with Crippen molar-refractivity contribution in [1.82, 2.24) is 5.32 Å². The standard InChI is InChI=1S/C12H15N3O5/c1-7(2)9(10(16)14-12(13)18)20-11(17)8-3-5-15(19)6-4-8/h3-7,9H,1-2H3,(H3,13,14,16,18)/t9-/m0/s1. The normalized spacial score (nSPS) is 11.8. The lowest BCUT2D eigenvalue weighted by Crippen LogP contribution is -2.45. The third-order valence-corrected chi connectivity index (χ3v) is 2.38. The Morgan fingerprint density at radius 3 is 2.30 bits per heavy atom. The van der Waals surface area contributed by atoms with Crippen molar-refractivity contribution in [2.24, 2.45) is 11.7 Å². The summed E-state index contributed by atoms with van der Waals surface area (Å²) < 4.78 is 5.54. The molecule has 0 aliphatic carbocycles. The number of carbonyl (C=O) groups excluding carboxylic acids is 3. The Labute approximate surface area is 115 Å². The average Bonchev–Trinajstić information content (AvgIpc) is 2.35. The number of nitrogens with one attached hydrogen (secondary N) is 1. The van der Waals surface area contributed by atoms with Gasteiger partial charge in [-0.15, -0.1) is 0 Å². The van der Waals surface area contributed by atoms with Crippen molar-refractivity contribution in [3.8, 4) is 0 Å². The lowest BCUT2D eigenvalue weighted by atomic mass is 10.1. The van der Waals surface area contributed by atoms with Crippen molar-refractivity contribution in [3.63, 3.8) is 0 Å². The minimum Gasteiger partial charge on any atom is -0.619 e. The fourth-order valence-corrected chi connectivity index (χ4v) is 1.42. The number of aromatic nitrogens is 1. The van der Waals surface area contributed by atoms with E-state index >= 15 is 0 Å². The van der Waals surface area contributed by atoms with E-state index in [1.165, 1.54) is 12.1 Å². The van der Waals surface area contributed by atoms with Crippen LogP contribution in [-0.4, -0.2) is 24.0 Å². The number of primary amides is 1. The van der Waals surface area contributed by atoms with Crippen LogP contribution in [0.15, 0.2) is 24.5 Å². The Bertz CT molecular complexity index is 512. The summed E-state index contributed by atoms with van der Waals surface area (Å²) in [6.07, 6.45) is 1.10. The lowest BCUT2D eigenvalue weighted by Gasteiger charge is -2.19. The number of urea groups is 1. The van der Waals surface area contributed by atoms with Crippen LogP contribution in [0.4, 0.5) is 4.79 Å². The molecular formula is C12H15N3O5. The Balaban J connectivity index is 2.80. The van der Waals surface area contributed by atoms with Crippen LogP contribution in [-0.2, 0) is 9.53 Å². The van der Waals surface area contributed by atoms with E-state index in [9.17, 15) is 19.6 Å². The number of pyridine rings is 1. The summed E-state index contributed by atoms with van der Waals surface area (Å²) in [6.45, 7) is 3.30. The molecule has 8 heteroatoms. The van der Waals surface area contributed by atoms with Gasteiger partial charge in [0.1, 0.15) is 0 Å². The van der Waals surface area contributed by atoms with Crippen molar-refractivity contribution in [1.29, 1.82) is 0 Å². The number of hydrogen-bond acceptors (Lipinski definition) is 5. The molecule has 3 amide bonds. The van der Waals surface area contributed by atoms with Gasteiger partial charge in [-0.3, -0.25) is 10.1 Å². The highest BCUT2D eigenvalue weighted by atomic mass is 16.5.